The van der Waals surface area contributed by atoms with Crippen molar-refractivity contribution in [1.29, 1.82) is 0 Å². The Bertz CT molecular complexity index is 751. The highest BCUT2D eigenvalue weighted by Crippen LogP contribution is 2.28. The van der Waals surface area contributed by atoms with E-state index in [2.05, 4.69) is 78.8 Å². The number of aryl methyl sites for hydroxylation is 2. The highest BCUT2D eigenvalue weighted by Gasteiger charge is 2.22. The minimum atomic E-state index is 0.0983. The zero-order valence-electron chi connectivity index (χ0n) is 16.0. The van der Waals surface area contributed by atoms with Gasteiger partial charge >= 0.3 is 0 Å². The largest absolute Gasteiger partial charge is 0.385 e. The highest BCUT2D eigenvalue weighted by molar-refractivity contribution is 5.76. The molecule has 1 aliphatic rings. The van der Waals surface area contributed by atoms with Crippen molar-refractivity contribution in [2.75, 3.05) is 29.9 Å². The zero-order valence-corrected chi connectivity index (χ0v) is 16.0. The number of nitrogens with one attached hydrogen (secondary N) is 2. The van der Waals surface area contributed by atoms with E-state index in [1.165, 1.54) is 22.4 Å². The van der Waals surface area contributed by atoms with E-state index >= 15 is 0 Å². The smallest absolute Gasteiger partial charge is 0.221 e. The molecule has 2 aromatic rings. The first-order chi connectivity index (χ1) is 12.5. The molecule has 1 heterocycles. The molecule has 2 N–H and O–H groups in total. The summed E-state index contributed by atoms with van der Waals surface area (Å²) in [7, 11) is 0. The van der Waals surface area contributed by atoms with Gasteiger partial charge < -0.3 is 15.5 Å². The molecule has 0 unspecified atom stereocenters. The molecule has 1 aliphatic heterocycles. The lowest BCUT2D eigenvalue weighted by Crippen LogP contribution is -2.41. The van der Waals surface area contributed by atoms with Gasteiger partial charge in [0.05, 0.1) is 0 Å². The summed E-state index contributed by atoms with van der Waals surface area (Å²) >= 11 is 0. The summed E-state index contributed by atoms with van der Waals surface area (Å²) in [6, 6.07) is 15.2. The Kier molecular flexibility index (Phi) is 5.82. The van der Waals surface area contributed by atoms with Crippen LogP contribution in [0.25, 0.3) is 0 Å². The molecule has 0 radical (unpaired) electrons. The van der Waals surface area contributed by atoms with Gasteiger partial charge in [0, 0.05) is 43.5 Å². The molecule has 1 amide bonds. The number of nitrogens with zero attached hydrogens (tertiary/aromatic N) is 1. The van der Waals surface area contributed by atoms with Gasteiger partial charge in [-0.15, -0.1) is 0 Å². The topological polar surface area (TPSA) is 44.4 Å². The number of hydrogen-bond acceptors (Lipinski definition) is 3. The Morgan fingerprint density at radius 3 is 2.65 bits per heavy atom. The molecule has 4 heteroatoms. The number of carbonyl (C=O) groups is 1. The Morgan fingerprint density at radius 1 is 1.15 bits per heavy atom. The van der Waals surface area contributed by atoms with Crippen LogP contribution in [0.2, 0.25) is 0 Å². The molecule has 4 nitrogen and oxygen atoms in total. The molecule has 26 heavy (non-hydrogen) atoms. The third-order valence-corrected chi connectivity index (χ3v) is 4.95. The number of anilines is 2. The van der Waals surface area contributed by atoms with E-state index in [1.54, 1.807) is 0 Å². The van der Waals surface area contributed by atoms with Gasteiger partial charge in [-0.05, 0) is 62.1 Å². The molecule has 0 aromatic heterocycles. The van der Waals surface area contributed by atoms with Crippen LogP contribution in [0.3, 0.4) is 0 Å². The van der Waals surface area contributed by atoms with E-state index in [0.29, 0.717) is 25.6 Å². The molecule has 0 bridgehead atoms. The first kappa shape index (κ1) is 18.3. The van der Waals surface area contributed by atoms with Crippen LogP contribution in [-0.2, 0) is 11.2 Å². The van der Waals surface area contributed by atoms with Crippen molar-refractivity contribution in [2.45, 2.75) is 39.7 Å². The lowest BCUT2D eigenvalue weighted by molar-refractivity contribution is -0.120. The molecule has 2 aromatic carbocycles. The van der Waals surface area contributed by atoms with Gasteiger partial charge in [-0.1, -0.05) is 24.3 Å². The minimum Gasteiger partial charge on any atom is -0.385 e. The van der Waals surface area contributed by atoms with E-state index in [1.807, 2.05) is 0 Å². The third kappa shape index (κ3) is 4.57. The predicted octanol–water partition coefficient (Wildman–Crippen LogP) is 3.67. The lowest BCUT2D eigenvalue weighted by Gasteiger charge is -2.27. The van der Waals surface area contributed by atoms with Crippen LogP contribution in [-0.4, -0.2) is 31.6 Å². The summed E-state index contributed by atoms with van der Waals surface area (Å²) in [4.78, 5) is 14.6. The maximum Gasteiger partial charge on any atom is 0.221 e. The molecule has 0 saturated heterocycles. The van der Waals surface area contributed by atoms with Crippen LogP contribution in [0.15, 0.2) is 42.5 Å². The fraction of sp³-hybridized carbons (Fsp3) is 0.409. The molecule has 138 valence electrons. The maximum absolute atomic E-state index is 12.2. The third-order valence-electron chi connectivity index (χ3n) is 4.95. The fourth-order valence-electron chi connectivity index (χ4n) is 3.68. The summed E-state index contributed by atoms with van der Waals surface area (Å²) in [6.07, 6.45) is 1.57. The summed E-state index contributed by atoms with van der Waals surface area (Å²) in [6.45, 7) is 8.71. The second-order valence-corrected chi connectivity index (χ2v) is 7.28. The summed E-state index contributed by atoms with van der Waals surface area (Å²) in [5.41, 5.74) is 6.26. The normalized spacial score (nSPS) is 14.0. The maximum atomic E-state index is 12.2. The Balaban J connectivity index is 1.41. The molecular formula is C22H29N3O. The average Bonchev–Trinajstić information content (AvgIpc) is 3.03. The molecule has 3 rings (SSSR count). The molecule has 0 aliphatic carbocycles. The van der Waals surface area contributed by atoms with E-state index in [0.717, 1.165) is 18.7 Å². The molecule has 0 spiro atoms. The Labute approximate surface area is 156 Å². The minimum absolute atomic E-state index is 0.0983. The highest BCUT2D eigenvalue weighted by atomic mass is 16.1. The van der Waals surface area contributed by atoms with Crippen LogP contribution in [0.5, 0.6) is 0 Å². The molecule has 0 fully saturated rings. The van der Waals surface area contributed by atoms with Gasteiger partial charge in [-0.3, -0.25) is 4.79 Å². The predicted molar refractivity (Wildman–Crippen MR) is 109 cm³/mol. The van der Waals surface area contributed by atoms with Crippen LogP contribution >= 0.6 is 0 Å². The number of fused-ring (bicyclic) bond motifs is 1. The first-order valence-corrected chi connectivity index (χ1v) is 9.46. The van der Waals surface area contributed by atoms with Crippen LogP contribution < -0.4 is 15.5 Å². The second-order valence-electron chi connectivity index (χ2n) is 7.28. The summed E-state index contributed by atoms with van der Waals surface area (Å²) in [5, 5.41) is 6.42. The number of hydrogen-bond donors (Lipinski definition) is 2. The van der Waals surface area contributed by atoms with Crippen molar-refractivity contribution >= 4 is 17.3 Å². The monoisotopic (exact) mass is 351 g/mol. The fourth-order valence-corrected chi connectivity index (χ4v) is 3.68. The quantitative estimate of drug-likeness (QED) is 0.800. The average molecular weight is 351 g/mol. The van der Waals surface area contributed by atoms with Crippen molar-refractivity contribution in [2.24, 2.45) is 0 Å². The van der Waals surface area contributed by atoms with Crippen LogP contribution in [0.1, 0.15) is 30.0 Å². The van der Waals surface area contributed by atoms with Gasteiger partial charge in [0.1, 0.15) is 0 Å². The lowest BCUT2D eigenvalue weighted by atomic mass is 10.1. The van der Waals surface area contributed by atoms with Gasteiger partial charge in [0.15, 0.2) is 0 Å². The van der Waals surface area contributed by atoms with Crippen molar-refractivity contribution in [3.05, 3.63) is 59.2 Å². The van der Waals surface area contributed by atoms with Crippen molar-refractivity contribution in [3.63, 3.8) is 0 Å². The van der Waals surface area contributed by atoms with E-state index in [-0.39, 0.29) is 5.91 Å². The van der Waals surface area contributed by atoms with Gasteiger partial charge in [-0.2, -0.15) is 0 Å². The van der Waals surface area contributed by atoms with E-state index in [9.17, 15) is 4.79 Å². The van der Waals surface area contributed by atoms with Crippen molar-refractivity contribution in [3.8, 4) is 0 Å². The first-order valence-electron chi connectivity index (χ1n) is 9.46. The Morgan fingerprint density at radius 2 is 1.88 bits per heavy atom. The summed E-state index contributed by atoms with van der Waals surface area (Å²) < 4.78 is 0. The van der Waals surface area contributed by atoms with Crippen molar-refractivity contribution in [1.82, 2.24) is 5.32 Å². The molecule has 0 saturated carbocycles. The standard InChI is InChI=1S/C22H29N3O/c1-16-12-17(2)14-20(13-16)23-10-8-22(26)24-15-18(3)25-11-9-19-6-4-5-7-21(19)25/h4-7,12-14,18,23H,8-11,15H2,1-3H3,(H,24,26)/t18-/m1/s1. The molecular weight excluding hydrogens is 322 g/mol. The van der Waals surface area contributed by atoms with Gasteiger partial charge in [-0.25, -0.2) is 0 Å². The number of carbonyl (C=O) groups excluding carboxylic acids is 1. The molecule has 1 atom stereocenters. The number of para-hydroxylation sites is 1. The number of benzene rings is 2. The number of amides is 1. The number of rotatable bonds is 7. The zero-order chi connectivity index (χ0) is 18.5. The second kappa shape index (κ2) is 8.26. The van der Waals surface area contributed by atoms with E-state index < -0.39 is 0 Å². The van der Waals surface area contributed by atoms with Crippen LogP contribution in [0.4, 0.5) is 11.4 Å². The van der Waals surface area contributed by atoms with Gasteiger partial charge in [0.25, 0.3) is 0 Å². The van der Waals surface area contributed by atoms with Crippen molar-refractivity contribution < 1.29 is 4.79 Å². The summed E-state index contributed by atoms with van der Waals surface area (Å²) in [5.74, 6) is 0.0983. The van der Waals surface area contributed by atoms with Gasteiger partial charge in [0.2, 0.25) is 5.91 Å². The SMILES string of the molecule is Cc1cc(C)cc(NCCC(=O)NC[C@@H](C)N2CCc3ccccc32)c1. The Hall–Kier alpha value is -2.49. The van der Waals surface area contributed by atoms with E-state index in [4.69, 9.17) is 0 Å². The van der Waals surface area contributed by atoms with Crippen LogP contribution in [0, 0.1) is 13.8 Å².